The summed E-state index contributed by atoms with van der Waals surface area (Å²) in [5, 5.41) is 8.67. The number of imidazole rings is 1. The summed E-state index contributed by atoms with van der Waals surface area (Å²) in [7, 11) is 1.76. The lowest BCUT2D eigenvalue weighted by Crippen LogP contribution is -2.36. The average Bonchev–Trinajstić information content (AvgIpc) is 3.28. The molecular formula is C20H27N5O2S. The molecule has 0 aliphatic heterocycles. The smallest absolute Gasteiger partial charge is 0.193 e. The highest BCUT2D eigenvalue weighted by molar-refractivity contribution is 7.15. The standard InChI is InChI=1S/C20H27N5O2S/c1-4-26-8-9-27-18-11-15(2)5-6-16(18)12-22-19(21-3)23-13-17-14-25-7-10-28-20(25)24-17/h5-7,10-11,14H,4,8-9,12-13H2,1-3H3,(H2,21,22,23). The second-order valence-corrected chi connectivity index (χ2v) is 7.13. The minimum absolute atomic E-state index is 0.536. The molecule has 2 N–H and O–H groups in total. The molecule has 0 radical (unpaired) electrons. The molecule has 0 bridgehead atoms. The molecule has 150 valence electrons. The number of aromatic nitrogens is 2. The van der Waals surface area contributed by atoms with E-state index in [-0.39, 0.29) is 0 Å². The van der Waals surface area contributed by atoms with E-state index in [0.29, 0.717) is 32.9 Å². The SMILES string of the molecule is CCOCCOc1cc(C)ccc1CNC(=NC)NCc1cn2ccsc2n1. The molecule has 1 aromatic carbocycles. The van der Waals surface area contributed by atoms with Crippen LogP contribution < -0.4 is 15.4 Å². The van der Waals surface area contributed by atoms with Gasteiger partial charge in [0.25, 0.3) is 0 Å². The van der Waals surface area contributed by atoms with Gasteiger partial charge in [0.15, 0.2) is 10.9 Å². The summed E-state index contributed by atoms with van der Waals surface area (Å²) in [6.07, 6.45) is 4.03. The zero-order chi connectivity index (χ0) is 19.8. The fourth-order valence-corrected chi connectivity index (χ4v) is 3.45. The van der Waals surface area contributed by atoms with E-state index >= 15 is 0 Å². The van der Waals surface area contributed by atoms with Crippen molar-refractivity contribution in [2.24, 2.45) is 4.99 Å². The molecule has 0 fully saturated rings. The molecule has 0 saturated heterocycles. The fraction of sp³-hybridized carbons (Fsp3) is 0.400. The predicted molar refractivity (Wildman–Crippen MR) is 113 cm³/mol. The molecule has 7 nitrogen and oxygen atoms in total. The third-order valence-corrected chi connectivity index (χ3v) is 4.93. The maximum atomic E-state index is 5.90. The average molecular weight is 402 g/mol. The number of fused-ring (bicyclic) bond motifs is 1. The van der Waals surface area contributed by atoms with Gasteiger partial charge in [0, 0.05) is 43.5 Å². The van der Waals surface area contributed by atoms with Crippen molar-refractivity contribution >= 4 is 22.3 Å². The Labute approximate surface area is 169 Å². The number of rotatable bonds is 9. The molecule has 2 heterocycles. The molecule has 0 aliphatic carbocycles. The highest BCUT2D eigenvalue weighted by Crippen LogP contribution is 2.20. The Morgan fingerprint density at radius 1 is 1.25 bits per heavy atom. The van der Waals surface area contributed by atoms with Gasteiger partial charge in [-0.2, -0.15) is 0 Å². The quantitative estimate of drug-likeness (QED) is 0.328. The fourth-order valence-electron chi connectivity index (χ4n) is 2.73. The van der Waals surface area contributed by atoms with Crippen LogP contribution in [0.25, 0.3) is 4.96 Å². The second kappa shape index (κ2) is 10.1. The van der Waals surface area contributed by atoms with Crippen molar-refractivity contribution in [3.8, 4) is 5.75 Å². The van der Waals surface area contributed by atoms with Crippen LogP contribution in [0.4, 0.5) is 0 Å². The number of aryl methyl sites for hydroxylation is 1. The Morgan fingerprint density at radius 3 is 2.89 bits per heavy atom. The van der Waals surface area contributed by atoms with Gasteiger partial charge in [0.1, 0.15) is 12.4 Å². The number of hydrogen-bond acceptors (Lipinski definition) is 5. The molecule has 8 heteroatoms. The van der Waals surface area contributed by atoms with Gasteiger partial charge in [-0.25, -0.2) is 4.98 Å². The number of hydrogen-bond donors (Lipinski definition) is 2. The zero-order valence-electron chi connectivity index (χ0n) is 16.6. The molecule has 0 aliphatic rings. The number of nitrogens with zero attached hydrogens (tertiary/aromatic N) is 3. The molecule has 0 saturated carbocycles. The van der Waals surface area contributed by atoms with Crippen molar-refractivity contribution in [1.82, 2.24) is 20.0 Å². The van der Waals surface area contributed by atoms with E-state index in [9.17, 15) is 0 Å². The predicted octanol–water partition coefficient (Wildman–Crippen LogP) is 2.98. The van der Waals surface area contributed by atoms with Gasteiger partial charge in [-0.1, -0.05) is 12.1 Å². The van der Waals surface area contributed by atoms with Crippen LogP contribution in [-0.2, 0) is 17.8 Å². The first kappa shape index (κ1) is 20.2. The Hall–Kier alpha value is -2.58. The molecule has 0 atom stereocenters. The van der Waals surface area contributed by atoms with Crippen molar-refractivity contribution in [2.75, 3.05) is 26.9 Å². The number of aliphatic imine (C=N–C) groups is 1. The summed E-state index contributed by atoms with van der Waals surface area (Å²) in [5.41, 5.74) is 3.22. The van der Waals surface area contributed by atoms with E-state index in [1.54, 1.807) is 18.4 Å². The second-order valence-electron chi connectivity index (χ2n) is 6.26. The Balaban J connectivity index is 1.54. The van der Waals surface area contributed by atoms with E-state index in [1.807, 2.05) is 29.1 Å². The van der Waals surface area contributed by atoms with Gasteiger partial charge in [0.2, 0.25) is 0 Å². The van der Waals surface area contributed by atoms with Crippen LogP contribution in [-0.4, -0.2) is 42.2 Å². The lowest BCUT2D eigenvalue weighted by atomic mass is 10.1. The first-order valence-corrected chi connectivity index (χ1v) is 10.2. The van der Waals surface area contributed by atoms with E-state index in [2.05, 4.69) is 45.7 Å². The van der Waals surface area contributed by atoms with Gasteiger partial charge in [-0.3, -0.25) is 9.39 Å². The van der Waals surface area contributed by atoms with Gasteiger partial charge >= 0.3 is 0 Å². The maximum Gasteiger partial charge on any atom is 0.193 e. The topological polar surface area (TPSA) is 72.2 Å². The molecule has 3 aromatic rings. The minimum Gasteiger partial charge on any atom is -0.491 e. The molecule has 0 spiro atoms. The van der Waals surface area contributed by atoms with Gasteiger partial charge in [-0.15, -0.1) is 11.3 Å². The van der Waals surface area contributed by atoms with Crippen LogP contribution >= 0.6 is 11.3 Å². The first-order chi connectivity index (χ1) is 13.7. The van der Waals surface area contributed by atoms with Crippen molar-refractivity contribution in [3.05, 3.63) is 52.8 Å². The van der Waals surface area contributed by atoms with E-state index in [0.717, 1.165) is 33.5 Å². The lowest BCUT2D eigenvalue weighted by molar-refractivity contribution is 0.110. The van der Waals surface area contributed by atoms with Crippen molar-refractivity contribution in [1.29, 1.82) is 0 Å². The number of benzene rings is 1. The first-order valence-electron chi connectivity index (χ1n) is 9.35. The third kappa shape index (κ3) is 5.46. The molecular weight excluding hydrogens is 374 g/mol. The zero-order valence-corrected chi connectivity index (χ0v) is 17.4. The highest BCUT2D eigenvalue weighted by atomic mass is 32.1. The van der Waals surface area contributed by atoms with Crippen molar-refractivity contribution in [2.45, 2.75) is 26.9 Å². The molecule has 2 aromatic heterocycles. The summed E-state index contributed by atoms with van der Waals surface area (Å²) >= 11 is 1.62. The Kier molecular flexibility index (Phi) is 7.27. The van der Waals surface area contributed by atoms with Crippen LogP contribution in [0.5, 0.6) is 5.75 Å². The Morgan fingerprint density at radius 2 is 2.11 bits per heavy atom. The van der Waals surface area contributed by atoms with Crippen LogP contribution in [0.15, 0.2) is 41.0 Å². The highest BCUT2D eigenvalue weighted by Gasteiger charge is 2.07. The normalized spacial score (nSPS) is 11.8. The van der Waals surface area contributed by atoms with E-state index in [1.165, 1.54) is 0 Å². The molecule has 3 rings (SSSR count). The van der Waals surface area contributed by atoms with Crippen LogP contribution in [0.3, 0.4) is 0 Å². The Bertz CT molecular complexity index is 890. The summed E-state index contributed by atoms with van der Waals surface area (Å²) in [4.78, 5) is 9.86. The number of ether oxygens (including phenoxy) is 2. The number of thiazole rings is 1. The largest absolute Gasteiger partial charge is 0.491 e. The van der Waals surface area contributed by atoms with Crippen LogP contribution in [0.1, 0.15) is 23.7 Å². The maximum absolute atomic E-state index is 5.90. The summed E-state index contributed by atoms with van der Waals surface area (Å²) in [6, 6.07) is 6.21. The lowest BCUT2D eigenvalue weighted by Gasteiger charge is -2.15. The van der Waals surface area contributed by atoms with Gasteiger partial charge < -0.3 is 20.1 Å². The third-order valence-electron chi connectivity index (χ3n) is 4.16. The van der Waals surface area contributed by atoms with Gasteiger partial charge in [-0.05, 0) is 25.5 Å². The number of nitrogens with one attached hydrogen (secondary N) is 2. The van der Waals surface area contributed by atoms with Crippen LogP contribution in [0, 0.1) is 6.92 Å². The molecule has 0 amide bonds. The van der Waals surface area contributed by atoms with Crippen LogP contribution in [0.2, 0.25) is 0 Å². The van der Waals surface area contributed by atoms with E-state index < -0.39 is 0 Å². The number of guanidine groups is 1. The monoisotopic (exact) mass is 401 g/mol. The summed E-state index contributed by atoms with van der Waals surface area (Å²) in [6.45, 7) is 7.08. The van der Waals surface area contributed by atoms with Gasteiger partial charge in [0.05, 0.1) is 18.8 Å². The van der Waals surface area contributed by atoms with Crippen molar-refractivity contribution in [3.63, 3.8) is 0 Å². The minimum atomic E-state index is 0.536. The van der Waals surface area contributed by atoms with E-state index in [4.69, 9.17) is 9.47 Å². The molecule has 28 heavy (non-hydrogen) atoms. The van der Waals surface area contributed by atoms with Crippen molar-refractivity contribution < 1.29 is 9.47 Å². The summed E-state index contributed by atoms with van der Waals surface area (Å²) < 4.78 is 13.3. The molecule has 0 unspecified atom stereocenters. The summed E-state index contributed by atoms with van der Waals surface area (Å²) in [5.74, 6) is 1.59.